The summed E-state index contributed by atoms with van der Waals surface area (Å²) in [6.07, 6.45) is -5.66. The van der Waals surface area contributed by atoms with Gasteiger partial charge in [-0.15, -0.1) is 0 Å². The van der Waals surface area contributed by atoms with Crippen molar-refractivity contribution in [2.75, 3.05) is 6.61 Å². The van der Waals surface area contributed by atoms with Gasteiger partial charge in [-0.3, -0.25) is 10.1 Å². The van der Waals surface area contributed by atoms with E-state index in [-0.39, 0.29) is 18.7 Å². The van der Waals surface area contributed by atoms with Crippen molar-refractivity contribution in [1.82, 2.24) is 10.6 Å². The first-order chi connectivity index (χ1) is 14.6. The van der Waals surface area contributed by atoms with Crippen LogP contribution < -0.4 is 10.6 Å². The van der Waals surface area contributed by atoms with E-state index < -0.39 is 36.8 Å². The van der Waals surface area contributed by atoms with Gasteiger partial charge < -0.3 is 14.8 Å². The first kappa shape index (κ1) is 23.9. The number of carbonyl (C=O) groups is 3. The summed E-state index contributed by atoms with van der Waals surface area (Å²) >= 11 is 0. The highest BCUT2D eigenvalue weighted by Gasteiger charge is 2.27. The second-order valence-corrected chi connectivity index (χ2v) is 6.51. The largest absolute Gasteiger partial charge is 0.449 e. The molecule has 0 aliphatic heterocycles. The standard InChI is InChI=1S/C21H21F3N2O5/c1-14(18(27)26-20(29)25-11-15-5-3-2-4-6-15)31-19(28)17-9-7-16(8-10-17)12-30-13-21(22,23)24/h2-10,14H,11-13H2,1H3,(H2,25,26,27,29). The molecule has 2 aromatic rings. The van der Waals surface area contributed by atoms with Gasteiger partial charge in [-0.2, -0.15) is 13.2 Å². The molecule has 166 valence electrons. The molecule has 0 radical (unpaired) electrons. The lowest BCUT2D eigenvalue weighted by Gasteiger charge is -2.14. The highest BCUT2D eigenvalue weighted by Crippen LogP contribution is 2.16. The Morgan fingerprint density at radius 2 is 1.61 bits per heavy atom. The molecule has 0 aromatic heterocycles. The van der Waals surface area contributed by atoms with Crippen LogP contribution in [-0.2, 0) is 27.4 Å². The lowest BCUT2D eigenvalue weighted by Crippen LogP contribution is -2.44. The molecule has 0 bridgehead atoms. The van der Waals surface area contributed by atoms with E-state index in [4.69, 9.17) is 4.74 Å². The Labute approximate surface area is 176 Å². The molecule has 1 unspecified atom stereocenters. The number of halogens is 3. The van der Waals surface area contributed by atoms with Gasteiger partial charge in [0.05, 0.1) is 12.2 Å². The van der Waals surface area contributed by atoms with Gasteiger partial charge in [0.2, 0.25) is 0 Å². The molecule has 7 nitrogen and oxygen atoms in total. The van der Waals surface area contributed by atoms with Crippen molar-refractivity contribution in [3.63, 3.8) is 0 Å². The lowest BCUT2D eigenvalue weighted by molar-refractivity contribution is -0.176. The van der Waals surface area contributed by atoms with Crippen molar-refractivity contribution in [3.05, 3.63) is 71.3 Å². The highest BCUT2D eigenvalue weighted by atomic mass is 19.4. The third-order valence-corrected chi connectivity index (χ3v) is 3.91. The van der Waals surface area contributed by atoms with E-state index >= 15 is 0 Å². The quantitative estimate of drug-likeness (QED) is 0.617. The van der Waals surface area contributed by atoms with E-state index in [0.29, 0.717) is 5.56 Å². The first-order valence-electron chi connectivity index (χ1n) is 9.21. The number of esters is 1. The Bertz CT molecular complexity index is 886. The van der Waals surface area contributed by atoms with Gasteiger partial charge in [-0.25, -0.2) is 9.59 Å². The summed E-state index contributed by atoms with van der Waals surface area (Å²) in [5.41, 5.74) is 1.37. The fourth-order valence-electron chi connectivity index (χ4n) is 2.34. The van der Waals surface area contributed by atoms with Crippen molar-refractivity contribution >= 4 is 17.9 Å². The molecule has 10 heteroatoms. The van der Waals surface area contributed by atoms with Crippen LogP contribution in [0.1, 0.15) is 28.4 Å². The number of nitrogens with one attached hydrogen (secondary N) is 2. The van der Waals surface area contributed by atoms with Gasteiger partial charge in [0, 0.05) is 6.54 Å². The van der Waals surface area contributed by atoms with Gasteiger partial charge in [0.15, 0.2) is 6.10 Å². The number of alkyl halides is 3. The summed E-state index contributed by atoms with van der Waals surface area (Å²) in [7, 11) is 0. The van der Waals surface area contributed by atoms with Gasteiger partial charge in [0.25, 0.3) is 5.91 Å². The maximum Gasteiger partial charge on any atom is 0.411 e. The van der Waals surface area contributed by atoms with Crippen LogP contribution in [0.25, 0.3) is 0 Å². The molecular formula is C21H21F3N2O5. The number of amides is 3. The van der Waals surface area contributed by atoms with Crippen LogP contribution in [0.2, 0.25) is 0 Å². The maximum absolute atomic E-state index is 12.1. The summed E-state index contributed by atoms with van der Waals surface area (Å²) in [6, 6.07) is 13.8. The normalized spacial score (nSPS) is 12.0. The van der Waals surface area contributed by atoms with Gasteiger partial charge >= 0.3 is 18.2 Å². The fraction of sp³-hybridized carbons (Fsp3) is 0.286. The molecule has 0 spiro atoms. The SMILES string of the molecule is CC(OC(=O)c1ccc(COCC(F)(F)F)cc1)C(=O)NC(=O)NCc1ccccc1. The zero-order chi connectivity index (χ0) is 22.9. The first-order valence-corrected chi connectivity index (χ1v) is 9.21. The number of hydrogen-bond acceptors (Lipinski definition) is 5. The number of hydrogen-bond donors (Lipinski definition) is 2. The molecule has 0 aliphatic rings. The van der Waals surface area contributed by atoms with Crippen molar-refractivity contribution in [3.8, 4) is 0 Å². The molecule has 2 aromatic carbocycles. The minimum absolute atomic E-state index is 0.0905. The Morgan fingerprint density at radius 3 is 2.23 bits per heavy atom. The van der Waals surface area contributed by atoms with Crippen molar-refractivity contribution < 1.29 is 37.0 Å². The van der Waals surface area contributed by atoms with E-state index in [0.717, 1.165) is 5.56 Å². The van der Waals surface area contributed by atoms with E-state index in [1.165, 1.54) is 31.2 Å². The second kappa shape index (κ2) is 11.1. The minimum Gasteiger partial charge on any atom is -0.449 e. The van der Waals surface area contributed by atoms with E-state index in [1.54, 1.807) is 12.1 Å². The van der Waals surface area contributed by atoms with Crippen molar-refractivity contribution in [1.29, 1.82) is 0 Å². The molecule has 0 saturated heterocycles. The summed E-state index contributed by atoms with van der Waals surface area (Å²) in [5.74, 6) is -1.63. The van der Waals surface area contributed by atoms with Crippen LogP contribution in [-0.4, -0.2) is 36.8 Å². The van der Waals surface area contributed by atoms with E-state index in [1.807, 2.05) is 18.2 Å². The molecule has 0 aliphatic carbocycles. The van der Waals surface area contributed by atoms with Crippen LogP contribution in [0.4, 0.5) is 18.0 Å². The molecule has 0 fully saturated rings. The van der Waals surface area contributed by atoms with Gasteiger partial charge in [-0.05, 0) is 30.2 Å². The smallest absolute Gasteiger partial charge is 0.411 e. The van der Waals surface area contributed by atoms with Crippen molar-refractivity contribution in [2.45, 2.75) is 32.4 Å². The monoisotopic (exact) mass is 438 g/mol. The molecule has 2 N–H and O–H groups in total. The maximum atomic E-state index is 12.1. The molecule has 1 atom stereocenters. The molecule has 2 rings (SSSR count). The van der Waals surface area contributed by atoms with Crippen LogP contribution in [0.3, 0.4) is 0 Å². The Hall–Kier alpha value is -3.40. The van der Waals surface area contributed by atoms with Crippen molar-refractivity contribution in [2.24, 2.45) is 0 Å². The Kier molecular flexibility index (Phi) is 8.56. The predicted molar refractivity (Wildman–Crippen MR) is 104 cm³/mol. The lowest BCUT2D eigenvalue weighted by atomic mass is 10.1. The van der Waals surface area contributed by atoms with E-state index in [9.17, 15) is 27.6 Å². The second-order valence-electron chi connectivity index (χ2n) is 6.51. The van der Waals surface area contributed by atoms with Crippen LogP contribution in [0.15, 0.2) is 54.6 Å². The molecule has 31 heavy (non-hydrogen) atoms. The zero-order valence-corrected chi connectivity index (χ0v) is 16.6. The van der Waals surface area contributed by atoms with Crippen LogP contribution >= 0.6 is 0 Å². The summed E-state index contributed by atoms with van der Waals surface area (Å²) in [5, 5.41) is 4.58. The van der Waals surface area contributed by atoms with Gasteiger partial charge in [-0.1, -0.05) is 42.5 Å². The molecule has 3 amide bonds. The fourth-order valence-corrected chi connectivity index (χ4v) is 2.34. The van der Waals surface area contributed by atoms with E-state index in [2.05, 4.69) is 15.4 Å². The molecule has 0 saturated carbocycles. The number of benzene rings is 2. The minimum atomic E-state index is -4.42. The molecule has 0 heterocycles. The third-order valence-electron chi connectivity index (χ3n) is 3.91. The highest BCUT2D eigenvalue weighted by molar-refractivity contribution is 5.98. The molecular weight excluding hydrogens is 417 g/mol. The topological polar surface area (TPSA) is 93.7 Å². The van der Waals surface area contributed by atoms with Gasteiger partial charge in [0.1, 0.15) is 6.61 Å². The zero-order valence-electron chi connectivity index (χ0n) is 16.6. The Morgan fingerprint density at radius 1 is 0.968 bits per heavy atom. The average Bonchev–Trinajstić information content (AvgIpc) is 2.72. The average molecular weight is 438 g/mol. The third kappa shape index (κ3) is 8.87. The van der Waals surface area contributed by atoms with Crippen LogP contribution in [0, 0.1) is 0 Å². The predicted octanol–water partition coefficient (Wildman–Crippen LogP) is 3.34. The number of rotatable bonds is 8. The van der Waals surface area contributed by atoms with Crippen LogP contribution in [0.5, 0.6) is 0 Å². The Balaban J connectivity index is 1.77. The number of carbonyl (C=O) groups excluding carboxylic acids is 3. The number of ether oxygens (including phenoxy) is 2. The summed E-state index contributed by atoms with van der Waals surface area (Å²) < 4.78 is 45.8. The summed E-state index contributed by atoms with van der Waals surface area (Å²) in [4.78, 5) is 36.0. The summed E-state index contributed by atoms with van der Waals surface area (Å²) in [6.45, 7) is -0.127. The number of urea groups is 1. The number of imide groups is 1.